The van der Waals surface area contributed by atoms with Crippen molar-refractivity contribution in [1.82, 2.24) is 25.2 Å². The van der Waals surface area contributed by atoms with Crippen molar-refractivity contribution in [3.63, 3.8) is 0 Å². The summed E-state index contributed by atoms with van der Waals surface area (Å²) in [6, 6.07) is 4.05. The number of urea groups is 1. The molecule has 2 amide bonds. The lowest BCUT2D eigenvalue weighted by Gasteiger charge is -2.36. The van der Waals surface area contributed by atoms with Crippen molar-refractivity contribution >= 4 is 23.6 Å². The number of aryl methyl sites for hydroxylation is 1. The highest BCUT2D eigenvalue weighted by Gasteiger charge is 2.27. The van der Waals surface area contributed by atoms with Gasteiger partial charge in [-0.25, -0.2) is 14.8 Å². The molecule has 0 atom stereocenters. The molecule has 0 aromatic carbocycles. The molecule has 0 spiro atoms. The van der Waals surface area contributed by atoms with E-state index in [1.807, 2.05) is 17.9 Å². The summed E-state index contributed by atoms with van der Waals surface area (Å²) in [7, 11) is 0. The van der Waals surface area contributed by atoms with Crippen LogP contribution < -0.4 is 21.7 Å². The van der Waals surface area contributed by atoms with Crippen molar-refractivity contribution in [2.24, 2.45) is 0 Å². The lowest BCUT2D eigenvalue weighted by atomic mass is 10.1. The molecule has 0 radical (unpaired) electrons. The third-order valence-electron chi connectivity index (χ3n) is 5.71. The lowest BCUT2D eigenvalue weighted by molar-refractivity contribution is 0.190. The maximum absolute atomic E-state index is 12.6. The van der Waals surface area contributed by atoms with Crippen LogP contribution in [0.25, 0.3) is 11.1 Å². The third-order valence-corrected chi connectivity index (χ3v) is 5.71. The first-order valence-corrected chi connectivity index (χ1v) is 10.2. The SMILES string of the molecule is Cc1nc(N)nc(N2CCN(C(=O)NC3CCCC3)CC2)c1-c1ccc(N)nc1. The molecule has 1 aliphatic heterocycles. The number of pyridine rings is 1. The standard InChI is InChI=1S/C20H28N8O/c1-13-17(14-6-7-16(21)23-12-14)18(26-19(22)24-13)27-8-10-28(11-9-27)20(29)25-15-4-2-3-5-15/h6-7,12,15H,2-5,8-11H2,1H3,(H2,21,23)(H,25,29)(H2,22,24,26). The van der Waals surface area contributed by atoms with Gasteiger partial charge >= 0.3 is 6.03 Å². The molecule has 2 aromatic heterocycles. The van der Waals surface area contributed by atoms with E-state index in [-0.39, 0.29) is 12.0 Å². The van der Waals surface area contributed by atoms with Gasteiger partial charge in [-0.15, -0.1) is 0 Å². The summed E-state index contributed by atoms with van der Waals surface area (Å²) >= 11 is 0. The number of nitrogens with two attached hydrogens (primary N) is 2. The average molecular weight is 396 g/mol. The molecule has 4 rings (SSSR count). The largest absolute Gasteiger partial charge is 0.384 e. The van der Waals surface area contributed by atoms with Gasteiger partial charge in [0.25, 0.3) is 0 Å². The molecule has 5 N–H and O–H groups in total. The molecule has 0 unspecified atom stereocenters. The monoisotopic (exact) mass is 396 g/mol. The predicted molar refractivity (Wildman–Crippen MR) is 113 cm³/mol. The van der Waals surface area contributed by atoms with Crippen molar-refractivity contribution < 1.29 is 4.79 Å². The van der Waals surface area contributed by atoms with Crippen LogP contribution in [0.4, 0.5) is 22.4 Å². The fourth-order valence-electron chi connectivity index (χ4n) is 4.16. The molecule has 1 aliphatic carbocycles. The van der Waals surface area contributed by atoms with Gasteiger partial charge in [0.1, 0.15) is 11.6 Å². The highest BCUT2D eigenvalue weighted by atomic mass is 16.2. The Hall–Kier alpha value is -3.10. The van der Waals surface area contributed by atoms with Gasteiger partial charge in [0.05, 0.1) is 5.69 Å². The number of anilines is 3. The number of amides is 2. The minimum absolute atomic E-state index is 0.0397. The van der Waals surface area contributed by atoms with Crippen LogP contribution in [-0.2, 0) is 0 Å². The number of aromatic nitrogens is 3. The fourth-order valence-corrected chi connectivity index (χ4v) is 4.16. The molecule has 2 aliphatic rings. The van der Waals surface area contributed by atoms with E-state index in [4.69, 9.17) is 11.5 Å². The Morgan fingerprint density at radius 3 is 2.48 bits per heavy atom. The van der Waals surface area contributed by atoms with Gasteiger partial charge in [-0.05, 0) is 31.9 Å². The van der Waals surface area contributed by atoms with Crippen LogP contribution in [0.15, 0.2) is 18.3 Å². The van der Waals surface area contributed by atoms with Crippen molar-refractivity contribution in [3.05, 3.63) is 24.0 Å². The van der Waals surface area contributed by atoms with Gasteiger partial charge in [0.15, 0.2) is 0 Å². The molecule has 1 saturated heterocycles. The molecule has 9 heteroatoms. The van der Waals surface area contributed by atoms with Crippen LogP contribution in [0.5, 0.6) is 0 Å². The van der Waals surface area contributed by atoms with E-state index in [1.165, 1.54) is 12.8 Å². The number of hydrogen-bond acceptors (Lipinski definition) is 7. The molecule has 2 fully saturated rings. The van der Waals surface area contributed by atoms with Gasteiger partial charge < -0.3 is 26.6 Å². The first-order valence-electron chi connectivity index (χ1n) is 10.2. The lowest BCUT2D eigenvalue weighted by Crippen LogP contribution is -2.53. The van der Waals surface area contributed by atoms with E-state index in [2.05, 4.69) is 25.2 Å². The summed E-state index contributed by atoms with van der Waals surface area (Å²) in [4.78, 5) is 29.7. The fraction of sp³-hybridized carbons (Fsp3) is 0.500. The van der Waals surface area contributed by atoms with E-state index in [9.17, 15) is 4.79 Å². The van der Waals surface area contributed by atoms with Crippen LogP contribution >= 0.6 is 0 Å². The molecular weight excluding hydrogens is 368 g/mol. The van der Waals surface area contributed by atoms with Gasteiger partial charge in [0, 0.05) is 49.5 Å². The summed E-state index contributed by atoms with van der Waals surface area (Å²) in [6.45, 7) is 4.56. The van der Waals surface area contributed by atoms with Crippen molar-refractivity contribution in [2.45, 2.75) is 38.6 Å². The summed E-state index contributed by atoms with van der Waals surface area (Å²) < 4.78 is 0. The van der Waals surface area contributed by atoms with E-state index < -0.39 is 0 Å². The molecule has 1 saturated carbocycles. The molecule has 29 heavy (non-hydrogen) atoms. The summed E-state index contributed by atoms with van der Waals surface area (Å²) in [5, 5.41) is 3.17. The average Bonchev–Trinajstić information content (AvgIpc) is 3.21. The predicted octanol–water partition coefficient (Wildman–Crippen LogP) is 1.79. The molecule has 0 bridgehead atoms. The highest BCUT2D eigenvalue weighted by Crippen LogP contribution is 2.32. The van der Waals surface area contributed by atoms with Crippen molar-refractivity contribution in [2.75, 3.05) is 42.5 Å². The van der Waals surface area contributed by atoms with E-state index >= 15 is 0 Å². The molecule has 3 heterocycles. The second-order valence-electron chi connectivity index (χ2n) is 7.74. The zero-order valence-electron chi connectivity index (χ0n) is 16.8. The molecule has 154 valence electrons. The van der Waals surface area contributed by atoms with Crippen LogP contribution in [0.1, 0.15) is 31.4 Å². The smallest absolute Gasteiger partial charge is 0.317 e. The van der Waals surface area contributed by atoms with Crippen LogP contribution in [0.3, 0.4) is 0 Å². The number of hydrogen-bond donors (Lipinski definition) is 3. The number of rotatable bonds is 3. The summed E-state index contributed by atoms with van der Waals surface area (Å²) in [5.41, 5.74) is 14.3. The normalized spacial score (nSPS) is 17.6. The zero-order chi connectivity index (χ0) is 20.4. The highest BCUT2D eigenvalue weighted by molar-refractivity contribution is 5.79. The third kappa shape index (κ3) is 4.18. The van der Waals surface area contributed by atoms with Crippen LogP contribution in [-0.4, -0.2) is 58.1 Å². The first-order chi connectivity index (χ1) is 14.0. The Bertz CT molecular complexity index is 871. The van der Waals surface area contributed by atoms with Gasteiger partial charge in [-0.2, -0.15) is 4.98 Å². The van der Waals surface area contributed by atoms with Gasteiger partial charge in [0.2, 0.25) is 5.95 Å². The zero-order valence-corrected chi connectivity index (χ0v) is 16.8. The topological polar surface area (TPSA) is 126 Å². The quantitative estimate of drug-likeness (QED) is 0.722. The molecule has 2 aromatic rings. The molecular formula is C20H28N8O. The van der Waals surface area contributed by atoms with Gasteiger partial charge in [-0.1, -0.05) is 12.8 Å². The minimum atomic E-state index is 0.0397. The molecule has 9 nitrogen and oxygen atoms in total. The van der Waals surface area contributed by atoms with Gasteiger partial charge in [-0.3, -0.25) is 0 Å². The maximum atomic E-state index is 12.6. The van der Waals surface area contributed by atoms with Crippen LogP contribution in [0.2, 0.25) is 0 Å². The number of nitrogens with zero attached hydrogens (tertiary/aromatic N) is 5. The van der Waals surface area contributed by atoms with Crippen molar-refractivity contribution in [1.29, 1.82) is 0 Å². The van der Waals surface area contributed by atoms with Crippen molar-refractivity contribution in [3.8, 4) is 11.1 Å². The summed E-state index contributed by atoms with van der Waals surface area (Å²) in [6.07, 6.45) is 6.31. The first kappa shape index (κ1) is 19.2. The van der Waals surface area contributed by atoms with Crippen LogP contribution in [0, 0.1) is 6.92 Å². The second-order valence-corrected chi connectivity index (χ2v) is 7.74. The van der Waals surface area contributed by atoms with E-state index in [0.29, 0.717) is 38.0 Å². The van der Waals surface area contributed by atoms with E-state index in [1.54, 1.807) is 12.3 Å². The number of nitrogen functional groups attached to an aromatic ring is 2. The number of carbonyl (C=O) groups excluding carboxylic acids is 1. The Kier molecular flexibility index (Phi) is 5.37. The number of nitrogens with one attached hydrogen (secondary N) is 1. The number of carbonyl (C=O) groups is 1. The second kappa shape index (κ2) is 8.10. The Morgan fingerprint density at radius 1 is 1.10 bits per heavy atom. The Morgan fingerprint density at radius 2 is 1.83 bits per heavy atom. The van der Waals surface area contributed by atoms with E-state index in [0.717, 1.165) is 35.5 Å². The number of piperazine rings is 1. The Balaban J connectivity index is 1.50. The maximum Gasteiger partial charge on any atom is 0.317 e. The summed E-state index contributed by atoms with van der Waals surface area (Å²) in [5.74, 6) is 1.48. The Labute approximate surface area is 170 Å². The minimum Gasteiger partial charge on any atom is -0.384 e.